The van der Waals surface area contributed by atoms with Crippen molar-refractivity contribution in [3.8, 4) is 0 Å². The number of amides is 1. The number of pyridine rings is 1. The first-order valence-corrected chi connectivity index (χ1v) is 6.75. The summed E-state index contributed by atoms with van der Waals surface area (Å²) in [7, 11) is 0. The molecule has 112 valence electrons. The van der Waals surface area contributed by atoms with Gasteiger partial charge in [0, 0.05) is 18.4 Å². The molecular weight excluding hydrogens is 284 g/mol. The number of carbonyl (C=O) groups excluding carboxylic acids is 1. The molecule has 3 heterocycles. The SMILES string of the molecule is C[C@@H](Cn1cncn1)NC(=O)c1cnc2ccccn2c1=O. The highest BCUT2D eigenvalue weighted by Crippen LogP contribution is 1.98. The summed E-state index contributed by atoms with van der Waals surface area (Å²) >= 11 is 0. The number of nitrogens with zero attached hydrogens (tertiary/aromatic N) is 5. The Hall–Kier alpha value is -3.03. The third kappa shape index (κ3) is 2.71. The fourth-order valence-corrected chi connectivity index (χ4v) is 2.14. The Labute approximate surface area is 125 Å². The van der Waals surface area contributed by atoms with E-state index >= 15 is 0 Å². The average Bonchev–Trinajstić information content (AvgIpc) is 3.00. The average molecular weight is 298 g/mol. The standard InChI is InChI=1S/C14H14N6O2/c1-10(7-19-9-15-8-17-19)18-13(21)11-6-16-12-4-2-3-5-20(12)14(11)22/h2-6,8-10H,7H2,1H3,(H,18,21)/t10-/m0/s1. The second kappa shape index (κ2) is 5.76. The van der Waals surface area contributed by atoms with Gasteiger partial charge in [-0.05, 0) is 19.1 Å². The van der Waals surface area contributed by atoms with Crippen molar-refractivity contribution in [2.24, 2.45) is 0 Å². The summed E-state index contributed by atoms with van der Waals surface area (Å²) in [5.74, 6) is -0.455. The first kappa shape index (κ1) is 13.9. The smallest absolute Gasteiger partial charge is 0.270 e. The van der Waals surface area contributed by atoms with Gasteiger partial charge < -0.3 is 5.32 Å². The highest BCUT2D eigenvalue weighted by atomic mass is 16.2. The molecule has 0 aromatic carbocycles. The normalized spacial score (nSPS) is 12.2. The Morgan fingerprint density at radius 1 is 1.41 bits per heavy atom. The molecule has 3 aromatic rings. The van der Waals surface area contributed by atoms with Gasteiger partial charge in [0.2, 0.25) is 0 Å². The maximum atomic E-state index is 12.3. The van der Waals surface area contributed by atoms with Crippen molar-refractivity contribution >= 4 is 11.6 Å². The van der Waals surface area contributed by atoms with Crippen molar-refractivity contribution in [3.63, 3.8) is 0 Å². The van der Waals surface area contributed by atoms with E-state index in [0.29, 0.717) is 12.2 Å². The lowest BCUT2D eigenvalue weighted by molar-refractivity contribution is 0.0934. The number of fused-ring (bicyclic) bond motifs is 1. The van der Waals surface area contributed by atoms with Crippen LogP contribution in [0, 0.1) is 0 Å². The number of carbonyl (C=O) groups is 1. The minimum atomic E-state index is -0.455. The van der Waals surface area contributed by atoms with Crippen LogP contribution in [0.1, 0.15) is 17.3 Å². The van der Waals surface area contributed by atoms with Crippen molar-refractivity contribution in [3.05, 3.63) is 59.2 Å². The molecule has 0 spiro atoms. The Morgan fingerprint density at radius 2 is 2.27 bits per heavy atom. The molecule has 1 N–H and O–H groups in total. The van der Waals surface area contributed by atoms with Gasteiger partial charge in [-0.25, -0.2) is 9.97 Å². The first-order chi connectivity index (χ1) is 10.6. The minimum absolute atomic E-state index is 0.00846. The molecule has 0 saturated heterocycles. The summed E-state index contributed by atoms with van der Waals surface area (Å²) < 4.78 is 2.95. The number of rotatable bonds is 4. The molecule has 0 aliphatic carbocycles. The lowest BCUT2D eigenvalue weighted by Gasteiger charge is -2.13. The van der Waals surface area contributed by atoms with E-state index in [4.69, 9.17) is 0 Å². The van der Waals surface area contributed by atoms with Gasteiger partial charge in [0.25, 0.3) is 11.5 Å². The monoisotopic (exact) mass is 298 g/mol. The third-order valence-corrected chi connectivity index (χ3v) is 3.16. The zero-order valence-electron chi connectivity index (χ0n) is 11.9. The number of hydrogen-bond acceptors (Lipinski definition) is 5. The highest BCUT2D eigenvalue weighted by molar-refractivity contribution is 5.93. The maximum absolute atomic E-state index is 12.3. The second-order valence-corrected chi connectivity index (χ2v) is 4.90. The van der Waals surface area contributed by atoms with Gasteiger partial charge in [0.1, 0.15) is 23.9 Å². The van der Waals surface area contributed by atoms with Crippen LogP contribution in [0.5, 0.6) is 0 Å². The fraction of sp³-hybridized carbons (Fsp3) is 0.214. The second-order valence-electron chi connectivity index (χ2n) is 4.90. The molecule has 1 amide bonds. The largest absolute Gasteiger partial charge is 0.347 e. The van der Waals surface area contributed by atoms with Gasteiger partial charge in [-0.2, -0.15) is 5.10 Å². The van der Waals surface area contributed by atoms with Crippen molar-refractivity contribution in [1.29, 1.82) is 0 Å². The Balaban J connectivity index is 1.80. The molecule has 3 aromatic heterocycles. The van der Waals surface area contributed by atoms with E-state index in [1.165, 1.54) is 16.9 Å². The van der Waals surface area contributed by atoms with Crippen LogP contribution in [0.15, 0.2) is 48.0 Å². The third-order valence-electron chi connectivity index (χ3n) is 3.16. The molecule has 0 saturated carbocycles. The highest BCUT2D eigenvalue weighted by Gasteiger charge is 2.15. The summed E-state index contributed by atoms with van der Waals surface area (Å²) in [4.78, 5) is 32.5. The topological polar surface area (TPSA) is 94.2 Å². The summed E-state index contributed by atoms with van der Waals surface area (Å²) in [6, 6.07) is 4.99. The Bertz CT molecular complexity index is 855. The maximum Gasteiger partial charge on any atom is 0.270 e. The van der Waals surface area contributed by atoms with Gasteiger partial charge in [-0.1, -0.05) is 6.07 Å². The molecule has 0 unspecified atom stereocenters. The predicted octanol–water partition coefficient (Wildman–Crippen LogP) is 0.104. The first-order valence-electron chi connectivity index (χ1n) is 6.75. The van der Waals surface area contributed by atoms with Crippen LogP contribution in [0.3, 0.4) is 0 Å². The van der Waals surface area contributed by atoms with Crippen molar-refractivity contribution < 1.29 is 4.79 Å². The van der Waals surface area contributed by atoms with Crippen LogP contribution in [0.4, 0.5) is 0 Å². The Kier molecular flexibility index (Phi) is 3.65. The molecule has 8 nitrogen and oxygen atoms in total. The van der Waals surface area contributed by atoms with Crippen LogP contribution in [0.2, 0.25) is 0 Å². The number of aromatic nitrogens is 5. The molecule has 0 bridgehead atoms. The van der Waals surface area contributed by atoms with Crippen LogP contribution in [-0.2, 0) is 6.54 Å². The number of hydrogen-bond donors (Lipinski definition) is 1. The molecule has 1 atom stereocenters. The summed E-state index contributed by atoms with van der Waals surface area (Å²) in [5.41, 5.74) is 0.116. The van der Waals surface area contributed by atoms with Gasteiger partial charge in [0.15, 0.2) is 0 Å². The molecule has 3 rings (SSSR count). The van der Waals surface area contributed by atoms with E-state index in [-0.39, 0.29) is 11.6 Å². The Morgan fingerprint density at radius 3 is 3.05 bits per heavy atom. The number of nitrogens with one attached hydrogen (secondary N) is 1. The summed E-state index contributed by atoms with van der Waals surface area (Å²) in [6.45, 7) is 2.29. The molecule has 22 heavy (non-hydrogen) atoms. The van der Waals surface area contributed by atoms with E-state index < -0.39 is 11.5 Å². The van der Waals surface area contributed by atoms with Gasteiger partial charge in [-0.3, -0.25) is 18.7 Å². The van der Waals surface area contributed by atoms with Crippen molar-refractivity contribution in [1.82, 2.24) is 29.5 Å². The lowest BCUT2D eigenvalue weighted by atomic mass is 10.2. The fourth-order valence-electron chi connectivity index (χ4n) is 2.14. The summed E-state index contributed by atoms with van der Waals surface area (Å²) in [6.07, 6.45) is 5.87. The van der Waals surface area contributed by atoms with E-state index in [1.807, 2.05) is 6.92 Å². The van der Waals surface area contributed by atoms with Crippen LogP contribution in [0.25, 0.3) is 5.65 Å². The van der Waals surface area contributed by atoms with Gasteiger partial charge in [0.05, 0.1) is 6.54 Å². The predicted molar refractivity (Wildman–Crippen MR) is 78.4 cm³/mol. The molecule has 8 heteroatoms. The van der Waals surface area contributed by atoms with Gasteiger partial charge >= 0.3 is 0 Å². The molecule has 0 fully saturated rings. The molecule has 0 aliphatic heterocycles. The van der Waals surface area contributed by atoms with E-state index in [9.17, 15) is 9.59 Å². The van der Waals surface area contributed by atoms with Crippen molar-refractivity contribution in [2.45, 2.75) is 19.5 Å². The van der Waals surface area contributed by atoms with E-state index in [0.717, 1.165) is 0 Å². The van der Waals surface area contributed by atoms with E-state index in [1.54, 1.807) is 35.4 Å². The van der Waals surface area contributed by atoms with Crippen molar-refractivity contribution in [2.75, 3.05) is 0 Å². The molecule has 0 aliphatic rings. The van der Waals surface area contributed by atoms with Gasteiger partial charge in [-0.15, -0.1) is 0 Å². The zero-order chi connectivity index (χ0) is 15.5. The lowest BCUT2D eigenvalue weighted by Crippen LogP contribution is -2.39. The zero-order valence-corrected chi connectivity index (χ0v) is 11.9. The van der Waals surface area contributed by atoms with Crippen LogP contribution < -0.4 is 10.9 Å². The minimum Gasteiger partial charge on any atom is -0.347 e. The molecule has 0 radical (unpaired) electrons. The van der Waals surface area contributed by atoms with Crippen LogP contribution in [-0.4, -0.2) is 36.1 Å². The van der Waals surface area contributed by atoms with Crippen LogP contribution >= 0.6 is 0 Å². The van der Waals surface area contributed by atoms with E-state index in [2.05, 4.69) is 20.4 Å². The summed E-state index contributed by atoms with van der Waals surface area (Å²) in [5, 5.41) is 6.73. The molecular formula is C14H14N6O2. The quantitative estimate of drug-likeness (QED) is 0.737.